The number of nitrogens with zero attached hydrogens (tertiary/aromatic N) is 2. The zero-order chi connectivity index (χ0) is 32.6. The fourth-order valence-electron chi connectivity index (χ4n) is 4.86. The molecule has 1 aliphatic rings. The molecule has 7 N–H and O–H groups in total. The van der Waals surface area contributed by atoms with Gasteiger partial charge in [-0.3, -0.25) is 15.8 Å². The predicted octanol–water partition coefficient (Wildman–Crippen LogP) is 6.20. The summed E-state index contributed by atoms with van der Waals surface area (Å²) in [5.41, 5.74) is 17.2. The Hall–Kier alpha value is -5.72. The summed E-state index contributed by atoms with van der Waals surface area (Å²) in [6.07, 6.45) is 0.493. The normalized spacial score (nSPS) is 12.9. The van der Waals surface area contributed by atoms with Crippen LogP contribution in [0.4, 0.5) is 23.2 Å². The average molecular weight is 630 g/mol. The van der Waals surface area contributed by atoms with E-state index in [1.807, 2.05) is 0 Å². The lowest BCUT2D eigenvalue weighted by Gasteiger charge is -2.26. The van der Waals surface area contributed by atoms with Gasteiger partial charge in [-0.2, -0.15) is 17.6 Å². The first-order chi connectivity index (χ1) is 21.9. The number of nitrogens with one attached hydrogen (secondary N) is 3. The van der Waals surface area contributed by atoms with Crippen LogP contribution in [0.5, 0.6) is 11.5 Å². The van der Waals surface area contributed by atoms with E-state index < -0.39 is 25.1 Å². The van der Waals surface area contributed by atoms with E-state index >= 15 is 0 Å². The van der Waals surface area contributed by atoms with Crippen molar-refractivity contribution in [3.05, 3.63) is 107 Å². The number of aliphatic imine (C=N–C) groups is 1. The third-order valence-corrected chi connectivity index (χ3v) is 7.49. The van der Waals surface area contributed by atoms with E-state index in [-0.39, 0.29) is 23.2 Å². The summed E-state index contributed by atoms with van der Waals surface area (Å²) < 4.78 is 68.4. The van der Waals surface area contributed by atoms with E-state index in [9.17, 15) is 17.6 Å². The van der Waals surface area contributed by atoms with Gasteiger partial charge in [-0.1, -0.05) is 0 Å². The first-order valence-corrected chi connectivity index (χ1v) is 14.0. The van der Waals surface area contributed by atoms with E-state index in [0.717, 1.165) is 17.0 Å². The van der Waals surface area contributed by atoms with Crippen molar-refractivity contribution in [1.82, 2.24) is 9.97 Å². The lowest BCUT2D eigenvalue weighted by atomic mass is 10.0. The van der Waals surface area contributed by atoms with Crippen LogP contribution < -0.4 is 20.9 Å². The SMILES string of the molecule is N=C(N)c1ccc2c(c1)CC(c1ccc(OCC(F)(F)C(F)(F)COc3ccc(-c4nc5ccc(C(=N)N)cc5[nH]4)cc3)cc1)=N2. The molecule has 234 valence electrons. The Balaban J connectivity index is 1.03. The lowest BCUT2D eigenvalue weighted by molar-refractivity contribution is -0.232. The Bertz CT molecular complexity index is 1990. The topological polar surface area (TPSA) is 159 Å². The Labute approximate surface area is 259 Å². The zero-order valence-electron chi connectivity index (χ0n) is 24.1. The van der Waals surface area contributed by atoms with Crippen LogP contribution in [0, 0.1) is 10.8 Å². The molecule has 0 unspecified atom stereocenters. The molecule has 0 saturated heterocycles. The van der Waals surface area contributed by atoms with E-state index in [1.54, 1.807) is 60.7 Å². The largest absolute Gasteiger partial charge is 0.487 e. The number of amidine groups is 2. The summed E-state index contributed by atoms with van der Waals surface area (Å²) in [5.74, 6) is -8.74. The number of benzene rings is 4. The van der Waals surface area contributed by atoms with Crippen LogP contribution in [0.15, 0.2) is 89.9 Å². The maximum absolute atomic E-state index is 14.6. The molecule has 0 saturated carbocycles. The number of ether oxygens (including phenoxy) is 2. The van der Waals surface area contributed by atoms with E-state index in [1.165, 1.54) is 24.3 Å². The number of nitrogens with two attached hydrogens (primary N) is 2. The minimum Gasteiger partial charge on any atom is -0.487 e. The van der Waals surface area contributed by atoms with Gasteiger partial charge in [0.2, 0.25) is 0 Å². The van der Waals surface area contributed by atoms with Crippen molar-refractivity contribution in [3.8, 4) is 22.9 Å². The molecule has 1 aromatic heterocycles. The molecule has 1 aliphatic heterocycles. The zero-order valence-corrected chi connectivity index (χ0v) is 24.1. The predicted molar refractivity (Wildman–Crippen MR) is 167 cm³/mol. The Morgan fingerprint density at radius 3 is 1.87 bits per heavy atom. The summed E-state index contributed by atoms with van der Waals surface area (Å²) in [6, 6.07) is 22.3. The lowest BCUT2D eigenvalue weighted by Crippen LogP contribution is -2.49. The highest BCUT2D eigenvalue weighted by Crippen LogP contribution is 2.36. The van der Waals surface area contributed by atoms with Crippen LogP contribution in [-0.4, -0.2) is 52.4 Å². The maximum atomic E-state index is 14.6. The molecule has 0 fully saturated rings. The molecule has 0 aliphatic carbocycles. The molecule has 0 radical (unpaired) electrons. The summed E-state index contributed by atoms with van der Waals surface area (Å²) in [5, 5.41) is 15.2. The molecule has 46 heavy (non-hydrogen) atoms. The molecule has 0 amide bonds. The number of halogens is 4. The third kappa shape index (κ3) is 6.11. The van der Waals surface area contributed by atoms with Gasteiger partial charge in [0.15, 0.2) is 13.2 Å². The van der Waals surface area contributed by atoms with Gasteiger partial charge in [0.05, 0.1) is 22.4 Å². The molecule has 0 spiro atoms. The highest BCUT2D eigenvalue weighted by atomic mass is 19.3. The standard InChI is InChI=1S/C33H27F4N7O2/c34-32(35,16-45-23-7-1-18(2-8-23)27-15-22-13-20(29(38)39)5-11-25(22)42-27)33(36,37)17-46-24-9-3-19(4-10-24)31-43-26-12-6-21(30(40)41)14-28(26)44-31/h1-14H,15-17H2,(H3,38,39)(H3,40,41)(H,43,44). The smallest absolute Gasteiger partial charge is 0.346 e. The second-order valence-corrected chi connectivity index (χ2v) is 10.8. The van der Waals surface area contributed by atoms with Gasteiger partial charge < -0.3 is 25.9 Å². The Morgan fingerprint density at radius 2 is 1.28 bits per heavy atom. The fraction of sp³-hybridized carbons (Fsp3) is 0.152. The number of alkyl halides is 4. The third-order valence-electron chi connectivity index (χ3n) is 7.49. The van der Waals surface area contributed by atoms with Gasteiger partial charge in [0.1, 0.15) is 29.0 Å². The van der Waals surface area contributed by atoms with Crippen molar-refractivity contribution in [1.29, 1.82) is 10.8 Å². The van der Waals surface area contributed by atoms with Crippen molar-refractivity contribution in [2.24, 2.45) is 16.5 Å². The molecule has 4 aromatic carbocycles. The van der Waals surface area contributed by atoms with Crippen molar-refractivity contribution < 1.29 is 27.0 Å². The molecule has 13 heteroatoms. The fourth-order valence-corrected chi connectivity index (χ4v) is 4.86. The molecule has 2 heterocycles. The molecule has 6 rings (SSSR count). The Morgan fingerprint density at radius 1 is 0.739 bits per heavy atom. The van der Waals surface area contributed by atoms with E-state index in [0.29, 0.717) is 45.5 Å². The molecular formula is C33H27F4N7O2. The van der Waals surface area contributed by atoms with Crippen molar-refractivity contribution >= 4 is 34.1 Å². The number of nitrogen functional groups attached to an aromatic ring is 2. The number of fused-ring (bicyclic) bond motifs is 2. The first kappa shape index (κ1) is 30.3. The van der Waals surface area contributed by atoms with E-state index in [2.05, 4.69) is 15.0 Å². The molecule has 0 bridgehead atoms. The monoisotopic (exact) mass is 629 g/mol. The molecule has 9 nitrogen and oxygen atoms in total. The second kappa shape index (κ2) is 11.7. The Kier molecular flexibility index (Phi) is 7.68. The number of hydrogen-bond donors (Lipinski definition) is 5. The first-order valence-electron chi connectivity index (χ1n) is 14.0. The number of hydrogen-bond acceptors (Lipinski definition) is 6. The minimum atomic E-state index is -4.53. The van der Waals surface area contributed by atoms with Crippen molar-refractivity contribution in [3.63, 3.8) is 0 Å². The summed E-state index contributed by atoms with van der Waals surface area (Å²) in [6.45, 7) is -3.12. The van der Waals surface area contributed by atoms with Crippen LogP contribution in [-0.2, 0) is 6.42 Å². The number of H-pyrrole nitrogens is 1. The van der Waals surface area contributed by atoms with Gasteiger partial charge in [-0.25, -0.2) is 4.98 Å². The van der Waals surface area contributed by atoms with Crippen LogP contribution >= 0.6 is 0 Å². The van der Waals surface area contributed by atoms with Crippen LogP contribution in [0.25, 0.3) is 22.4 Å². The van der Waals surface area contributed by atoms with Crippen LogP contribution in [0.2, 0.25) is 0 Å². The minimum absolute atomic E-state index is 0.00573. The van der Waals surface area contributed by atoms with E-state index in [4.69, 9.17) is 31.8 Å². The average Bonchev–Trinajstić information content (AvgIpc) is 3.67. The van der Waals surface area contributed by atoms with Gasteiger partial charge in [0, 0.05) is 23.1 Å². The molecule has 0 atom stereocenters. The van der Waals surface area contributed by atoms with Gasteiger partial charge in [-0.05, 0) is 96.1 Å². The summed E-state index contributed by atoms with van der Waals surface area (Å²) in [4.78, 5) is 12.1. The number of aromatic nitrogens is 2. The highest BCUT2D eigenvalue weighted by molar-refractivity contribution is 6.07. The quantitative estimate of drug-likeness (QED) is 0.0667. The van der Waals surface area contributed by atoms with Gasteiger partial charge in [0.25, 0.3) is 0 Å². The second-order valence-electron chi connectivity index (χ2n) is 10.8. The summed E-state index contributed by atoms with van der Waals surface area (Å²) >= 11 is 0. The van der Waals surface area contributed by atoms with Crippen LogP contribution in [0.1, 0.15) is 22.3 Å². The highest BCUT2D eigenvalue weighted by Gasteiger charge is 2.57. The van der Waals surface area contributed by atoms with Gasteiger partial charge in [-0.15, -0.1) is 0 Å². The van der Waals surface area contributed by atoms with Crippen molar-refractivity contribution in [2.75, 3.05) is 13.2 Å². The molecule has 5 aromatic rings. The molecular weight excluding hydrogens is 602 g/mol. The maximum Gasteiger partial charge on any atom is 0.346 e. The number of rotatable bonds is 11. The summed E-state index contributed by atoms with van der Waals surface area (Å²) in [7, 11) is 0. The number of aromatic amines is 1. The van der Waals surface area contributed by atoms with Crippen LogP contribution in [0.3, 0.4) is 0 Å². The van der Waals surface area contributed by atoms with Gasteiger partial charge >= 0.3 is 11.8 Å². The number of imidazole rings is 1. The van der Waals surface area contributed by atoms with Crippen molar-refractivity contribution in [2.45, 2.75) is 18.3 Å².